The normalized spacial score (nSPS) is 12.3. The molecule has 0 radical (unpaired) electrons. The van der Waals surface area contributed by atoms with Gasteiger partial charge in [0.1, 0.15) is 0 Å². The summed E-state index contributed by atoms with van der Waals surface area (Å²) in [6, 6.07) is 0. The van der Waals surface area contributed by atoms with E-state index in [4.69, 9.17) is 0 Å². The Morgan fingerprint density at radius 3 is 2.06 bits per heavy atom. The summed E-state index contributed by atoms with van der Waals surface area (Å²) in [4.78, 5) is 13.8. The van der Waals surface area contributed by atoms with Crippen LogP contribution in [0.5, 0.6) is 0 Å². The first kappa shape index (κ1) is 16.1. The van der Waals surface area contributed by atoms with Crippen LogP contribution in [0.25, 0.3) is 0 Å². The number of rotatable bonds is 7. The molecule has 0 aliphatic heterocycles. The number of likely N-dealkylation sites (N-methyl/N-ethyl adjacent to an activating group) is 1. The smallest absolute Gasteiger partial charge is 0.336 e. The molecule has 3 nitrogen and oxygen atoms in total. The van der Waals surface area contributed by atoms with E-state index in [0.29, 0.717) is 13.0 Å². The predicted molar refractivity (Wildman–Crippen MR) is 56.4 cm³/mol. The molecule has 0 aromatic carbocycles. The predicted octanol–water partition coefficient (Wildman–Crippen LogP) is 1.69. The first-order valence-electron chi connectivity index (χ1n) is 5.33. The van der Waals surface area contributed by atoms with Crippen molar-refractivity contribution < 1.29 is 22.4 Å². The summed E-state index contributed by atoms with van der Waals surface area (Å²) in [7, 11) is 3.42. The van der Waals surface area contributed by atoms with Crippen LogP contribution in [0.4, 0.5) is 17.6 Å². The van der Waals surface area contributed by atoms with Crippen LogP contribution in [0.15, 0.2) is 0 Å². The lowest BCUT2D eigenvalue weighted by atomic mass is 10.2. The Balaban J connectivity index is 4.64. The van der Waals surface area contributed by atoms with Crippen LogP contribution < -0.4 is 0 Å². The number of nitrogens with zero attached hydrogens (tertiary/aromatic N) is 2. The monoisotopic (exact) mass is 258 g/mol. The number of amides is 1. The van der Waals surface area contributed by atoms with Gasteiger partial charge in [-0.3, -0.25) is 4.79 Å². The topological polar surface area (TPSA) is 23.6 Å². The molecule has 0 atom stereocenters. The van der Waals surface area contributed by atoms with Crippen LogP contribution in [0, 0.1) is 0 Å². The van der Waals surface area contributed by atoms with Crippen molar-refractivity contribution in [2.24, 2.45) is 0 Å². The van der Waals surface area contributed by atoms with Crippen molar-refractivity contribution in [2.75, 3.05) is 33.7 Å². The Morgan fingerprint density at radius 1 is 1.18 bits per heavy atom. The third-order valence-corrected chi connectivity index (χ3v) is 2.16. The summed E-state index contributed by atoms with van der Waals surface area (Å²) in [5.74, 6) is -6.39. The number of carbonyl (C=O) groups is 1. The lowest BCUT2D eigenvalue weighted by Crippen LogP contribution is -2.49. The minimum Gasteiger partial charge on any atom is -0.336 e. The maximum absolute atomic E-state index is 12.9. The SMILES string of the molecule is CCCN(CCN(C)C)C(=O)C(F)(F)C(F)F. The van der Waals surface area contributed by atoms with E-state index >= 15 is 0 Å². The molecular weight excluding hydrogens is 240 g/mol. The lowest BCUT2D eigenvalue weighted by molar-refractivity contribution is -0.180. The molecule has 0 N–H and O–H groups in total. The number of halogens is 4. The molecule has 0 aromatic heterocycles. The van der Waals surface area contributed by atoms with Crippen LogP contribution in [-0.2, 0) is 4.79 Å². The summed E-state index contributed by atoms with van der Waals surface area (Å²) < 4.78 is 49.9. The highest BCUT2D eigenvalue weighted by Gasteiger charge is 2.50. The quantitative estimate of drug-likeness (QED) is 0.649. The molecule has 102 valence electrons. The van der Waals surface area contributed by atoms with Gasteiger partial charge in [-0.05, 0) is 20.5 Å². The van der Waals surface area contributed by atoms with Crippen LogP contribution >= 0.6 is 0 Å². The number of carbonyl (C=O) groups excluding carboxylic acids is 1. The zero-order valence-corrected chi connectivity index (χ0v) is 10.2. The van der Waals surface area contributed by atoms with Gasteiger partial charge in [0.05, 0.1) is 0 Å². The fourth-order valence-electron chi connectivity index (χ4n) is 1.21. The highest BCUT2D eigenvalue weighted by Crippen LogP contribution is 2.25. The Bertz CT molecular complexity index is 246. The Kier molecular flexibility index (Phi) is 6.44. The van der Waals surface area contributed by atoms with Crippen molar-refractivity contribution in [2.45, 2.75) is 25.7 Å². The highest BCUT2D eigenvalue weighted by molar-refractivity contribution is 5.84. The third kappa shape index (κ3) is 4.89. The molecule has 1 amide bonds. The molecular formula is C10H18F4N2O. The maximum Gasteiger partial charge on any atom is 0.383 e. The maximum atomic E-state index is 12.9. The number of alkyl halides is 4. The molecule has 0 rings (SSSR count). The van der Waals surface area contributed by atoms with Gasteiger partial charge >= 0.3 is 12.3 Å². The second kappa shape index (κ2) is 6.78. The van der Waals surface area contributed by atoms with Crippen molar-refractivity contribution >= 4 is 5.91 Å². The van der Waals surface area contributed by atoms with Gasteiger partial charge in [0.25, 0.3) is 5.91 Å². The molecule has 17 heavy (non-hydrogen) atoms. The van der Waals surface area contributed by atoms with E-state index in [1.165, 1.54) is 0 Å². The second-order valence-electron chi connectivity index (χ2n) is 4.02. The van der Waals surface area contributed by atoms with Crippen molar-refractivity contribution in [1.29, 1.82) is 0 Å². The van der Waals surface area contributed by atoms with E-state index in [-0.39, 0.29) is 13.1 Å². The van der Waals surface area contributed by atoms with Gasteiger partial charge in [-0.25, -0.2) is 8.78 Å². The minimum atomic E-state index is -4.60. The van der Waals surface area contributed by atoms with Crippen molar-refractivity contribution in [3.05, 3.63) is 0 Å². The summed E-state index contributed by atoms with van der Waals surface area (Å²) in [5.41, 5.74) is 0. The van der Waals surface area contributed by atoms with Crippen LogP contribution in [0.3, 0.4) is 0 Å². The first-order chi connectivity index (χ1) is 7.73. The molecule has 0 saturated carbocycles. The largest absolute Gasteiger partial charge is 0.383 e. The number of hydrogen-bond donors (Lipinski definition) is 0. The van der Waals surface area contributed by atoms with Crippen LogP contribution in [0.1, 0.15) is 13.3 Å². The van der Waals surface area contributed by atoms with E-state index < -0.39 is 18.3 Å². The minimum absolute atomic E-state index is 0.0159. The lowest BCUT2D eigenvalue weighted by Gasteiger charge is -2.27. The first-order valence-corrected chi connectivity index (χ1v) is 5.33. The molecule has 0 aliphatic carbocycles. The molecule has 0 saturated heterocycles. The third-order valence-electron chi connectivity index (χ3n) is 2.16. The Hall–Kier alpha value is -0.850. The van der Waals surface area contributed by atoms with Gasteiger partial charge in [0.15, 0.2) is 0 Å². The average Bonchev–Trinajstić information content (AvgIpc) is 2.22. The van der Waals surface area contributed by atoms with Gasteiger partial charge in [-0.2, -0.15) is 8.78 Å². The van der Waals surface area contributed by atoms with Gasteiger partial charge < -0.3 is 9.80 Å². The molecule has 0 heterocycles. The molecule has 0 aliphatic rings. The van der Waals surface area contributed by atoms with Gasteiger partial charge in [-0.15, -0.1) is 0 Å². The van der Waals surface area contributed by atoms with Gasteiger partial charge in [0.2, 0.25) is 0 Å². The van der Waals surface area contributed by atoms with Crippen molar-refractivity contribution in [3.63, 3.8) is 0 Å². The molecule has 0 spiro atoms. The zero-order chi connectivity index (χ0) is 13.6. The highest BCUT2D eigenvalue weighted by atomic mass is 19.3. The van der Waals surface area contributed by atoms with E-state index in [9.17, 15) is 22.4 Å². The van der Waals surface area contributed by atoms with Crippen molar-refractivity contribution in [3.8, 4) is 0 Å². The van der Waals surface area contributed by atoms with Gasteiger partial charge in [-0.1, -0.05) is 6.92 Å². The molecule has 0 bridgehead atoms. The Labute approximate surface area is 98.4 Å². The second-order valence-corrected chi connectivity index (χ2v) is 4.02. The zero-order valence-electron chi connectivity index (χ0n) is 10.2. The molecule has 0 aromatic rings. The fraction of sp³-hybridized carbons (Fsp3) is 0.900. The van der Waals surface area contributed by atoms with E-state index in [0.717, 1.165) is 4.90 Å². The molecule has 0 unspecified atom stereocenters. The van der Waals surface area contributed by atoms with Gasteiger partial charge in [0, 0.05) is 19.6 Å². The fourth-order valence-corrected chi connectivity index (χ4v) is 1.21. The van der Waals surface area contributed by atoms with Crippen LogP contribution in [0.2, 0.25) is 0 Å². The van der Waals surface area contributed by atoms with Crippen LogP contribution in [-0.4, -0.2) is 61.8 Å². The summed E-state index contributed by atoms with van der Waals surface area (Å²) >= 11 is 0. The molecule has 0 fully saturated rings. The summed E-state index contributed by atoms with van der Waals surface area (Å²) in [6.45, 7) is 2.11. The van der Waals surface area contributed by atoms with E-state index in [2.05, 4.69) is 0 Å². The number of hydrogen-bond acceptors (Lipinski definition) is 2. The Morgan fingerprint density at radius 2 is 1.71 bits per heavy atom. The molecule has 7 heteroatoms. The summed E-state index contributed by atoms with van der Waals surface area (Å²) in [5, 5.41) is 0. The van der Waals surface area contributed by atoms with E-state index in [1.54, 1.807) is 25.9 Å². The average molecular weight is 258 g/mol. The van der Waals surface area contributed by atoms with Crippen molar-refractivity contribution in [1.82, 2.24) is 9.80 Å². The standard InChI is InChI=1S/C10H18F4N2O/c1-4-5-16(7-6-15(2)3)9(17)10(13,14)8(11)12/h8H,4-7H2,1-3H3. The van der Waals surface area contributed by atoms with E-state index in [1.807, 2.05) is 0 Å². The summed E-state index contributed by atoms with van der Waals surface area (Å²) in [6.07, 6.45) is -3.52.